The molecular formula is C16H22N6O. The minimum absolute atomic E-state index is 0.542. The molecule has 23 heavy (non-hydrogen) atoms. The van der Waals surface area contributed by atoms with Crippen molar-refractivity contribution in [1.29, 1.82) is 0 Å². The molecular weight excluding hydrogens is 292 g/mol. The van der Waals surface area contributed by atoms with Crippen molar-refractivity contribution in [3.05, 3.63) is 35.2 Å². The number of rotatable bonds is 4. The van der Waals surface area contributed by atoms with Gasteiger partial charge in [0.15, 0.2) is 0 Å². The van der Waals surface area contributed by atoms with Crippen molar-refractivity contribution in [1.82, 2.24) is 20.0 Å². The first-order chi connectivity index (χ1) is 11.1. The second-order valence-corrected chi connectivity index (χ2v) is 5.68. The van der Waals surface area contributed by atoms with Gasteiger partial charge in [-0.15, -0.1) is 0 Å². The highest BCUT2D eigenvalue weighted by atomic mass is 16.5. The van der Waals surface area contributed by atoms with E-state index in [1.54, 1.807) is 0 Å². The van der Waals surface area contributed by atoms with Crippen LogP contribution < -0.4 is 10.7 Å². The van der Waals surface area contributed by atoms with Gasteiger partial charge in [-0.2, -0.15) is 15.0 Å². The Morgan fingerprint density at radius 1 is 1.00 bits per heavy atom. The van der Waals surface area contributed by atoms with Crippen molar-refractivity contribution >= 4 is 17.6 Å². The van der Waals surface area contributed by atoms with E-state index < -0.39 is 0 Å². The average molecular weight is 314 g/mol. The second kappa shape index (κ2) is 6.89. The number of aromatic nitrogens is 3. The third-order valence-corrected chi connectivity index (χ3v) is 3.64. The molecule has 0 aliphatic carbocycles. The normalized spacial score (nSPS) is 15.4. The van der Waals surface area contributed by atoms with Crippen LogP contribution in [0.5, 0.6) is 0 Å². The molecule has 1 saturated heterocycles. The zero-order valence-electron chi connectivity index (χ0n) is 13.8. The molecule has 1 aromatic carbocycles. The number of morpholine rings is 1. The number of anilines is 3. The van der Waals surface area contributed by atoms with Crippen molar-refractivity contribution in [3.8, 4) is 0 Å². The van der Waals surface area contributed by atoms with E-state index in [4.69, 9.17) is 4.74 Å². The summed E-state index contributed by atoms with van der Waals surface area (Å²) in [6, 6.07) is 6.23. The summed E-state index contributed by atoms with van der Waals surface area (Å²) in [6.07, 6.45) is 0. The number of nitrogens with one attached hydrogen (secondary N) is 2. The summed E-state index contributed by atoms with van der Waals surface area (Å²) in [5.74, 6) is 1.76. The van der Waals surface area contributed by atoms with E-state index in [0.717, 1.165) is 24.3 Å². The van der Waals surface area contributed by atoms with E-state index in [1.165, 1.54) is 5.56 Å². The molecule has 2 heterocycles. The van der Waals surface area contributed by atoms with E-state index in [0.29, 0.717) is 30.9 Å². The highest BCUT2D eigenvalue weighted by molar-refractivity contribution is 5.59. The van der Waals surface area contributed by atoms with E-state index >= 15 is 0 Å². The minimum Gasteiger partial charge on any atom is -0.379 e. The van der Waals surface area contributed by atoms with Gasteiger partial charge in [0.2, 0.25) is 11.9 Å². The van der Waals surface area contributed by atoms with Gasteiger partial charge in [0.05, 0.1) is 13.2 Å². The van der Waals surface area contributed by atoms with Crippen LogP contribution in [0.4, 0.5) is 17.6 Å². The molecule has 0 spiro atoms. The molecule has 0 atom stereocenters. The fourth-order valence-corrected chi connectivity index (χ4v) is 2.48. The largest absolute Gasteiger partial charge is 0.379 e. The lowest BCUT2D eigenvalue weighted by atomic mass is 10.1. The quantitative estimate of drug-likeness (QED) is 0.896. The third kappa shape index (κ3) is 4.14. The molecule has 7 nitrogen and oxygen atoms in total. The number of hydrogen-bond donors (Lipinski definition) is 2. The highest BCUT2D eigenvalue weighted by Crippen LogP contribution is 2.20. The van der Waals surface area contributed by atoms with Crippen LogP contribution in [0.25, 0.3) is 0 Å². The number of benzene rings is 1. The molecule has 2 N–H and O–H groups in total. The maximum atomic E-state index is 5.34. The molecule has 3 rings (SSSR count). The molecule has 0 bridgehead atoms. The molecule has 122 valence electrons. The first-order valence-electron chi connectivity index (χ1n) is 7.76. The molecule has 0 amide bonds. The smallest absolute Gasteiger partial charge is 0.242 e. The highest BCUT2D eigenvalue weighted by Gasteiger charge is 2.13. The van der Waals surface area contributed by atoms with Crippen LogP contribution in [-0.2, 0) is 4.74 Å². The predicted octanol–water partition coefficient (Wildman–Crippen LogP) is 2.20. The Balaban J connectivity index is 1.76. The van der Waals surface area contributed by atoms with Crippen LogP contribution >= 0.6 is 0 Å². The third-order valence-electron chi connectivity index (χ3n) is 3.64. The van der Waals surface area contributed by atoms with Gasteiger partial charge < -0.3 is 10.1 Å². The summed E-state index contributed by atoms with van der Waals surface area (Å²) in [4.78, 5) is 13.2. The van der Waals surface area contributed by atoms with Crippen molar-refractivity contribution in [2.45, 2.75) is 20.8 Å². The first-order valence-corrected chi connectivity index (χ1v) is 7.76. The van der Waals surface area contributed by atoms with Gasteiger partial charge in [-0.05, 0) is 32.4 Å². The lowest BCUT2D eigenvalue weighted by Gasteiger charge is -2.26. The fraction of sp³-hybridized carbons (Fsp3) is 0.438. The molecule has 2 aromatic rings. The Bertz CT molecular complexity index is 684. The van der Waals surface area contributed by atoms with Gasteiger partial charge in [0.25, 0.3) is 0 Å². The van der Waals surface area contributed by atoms with Crippen LogP contribution in [-0.4, -0.2) is 46.3 Å². The lowest BCUT2D eigenvalue weighted by molar-refractivity contribution is 0.0492. The summed E-state index contributed by atoms with van der Waals surface area (Å²) < 4.78 is 5.34. The first kappa shape index (κ1) is 15.6. The standard InChI is InChI=1S/C16H22N6O/c1-11-4-5-14(12(2)10-11)19-15-17-13(3)18-16(20-15)21-22-6-8-23-9-7-22/h4-5,10H,6-9H2,1-3H3,(H2,17,18,19,20,21). The van der Waals surface area contributed by atoms with Crippen LogP contribution in [0.1, 0.15) is 17.0 Å². The molecule has 1 aromatic heterocycles. The average Bonchev–Trinajstić information content (AvgIpc) is 2.50. The number of hydrogen-bond acceptors (Lipinski definition) is 7. The summed E-state index contributed by atoms with van der Waals surface area (Å²) in [5.41, 5.74) is 6.61. The van der Waals surface area contributed by atoms with Gasteiger partial charge in [0, 0.05) is 18.8 Å². The number of ether oxygens (including phenoxy) is 1. The van der Waals surface area contributed by atoms with Crippen molar-refractivity contribution in [2.75, 3.05) is 37.0 Å². The number of nitrogens with zero attached hydrogens (tertiary/aromatic N) is 4. The predicted molar refractivity (Wildman–Crippen MR) is 89.8 cm³/mol. The topological polar surface area (TPSA) is 75.2 Å². The Morgan fingerprint density at radius 3 is 2.48 bits per heavy atom. The summed E-state index contributed by atoms with van der Waals surface area (Å²) in [6.45, 7) is 9.05. The van der Waals surface area contributed by atoms with Crippen LogP contribution in [0.3, 0.4) is 0 Å². The molecule has 0 unspecified atom stereocenters. The van der Waals surface area contributed by atoms with Gasteiger partial charge in [0.1, 0.15) is 5.82 Å². The van der Waals surface area contributed by atoms with Gasteiger partial charge >= 0.3 is 0 Å². The second-order valence-electron chi connectivity index (χ2n) is 5.68. The van der Waals surface area contributed by atoms with Crippen molar-refractivity contribution < 1.29 is 4.74 Å². The monoisotopic (exact) mass is 314 g/mol. The summed E-state index contributed by atoms with van der Waals surface area (Å²) in [5, 5.41) is 5.33. The zero-order chi connectivity index (χ0) is 16.2. The van der Waals surface area contributed by atoms with Gasteiger partial charge in [-0.1, -0.05) is 17.7 Å². The number of hydrazine groups is 1. The van der Waals surface area contributed by atoms with Gasteiger partial charge in [-0.3, -0.25) is 5.43 Å². The minimum atomic E-state index is 0.542. The summed E-state index contributed by atoms with van der Waals surface area (Å²) in [7, 11) is 0. The number of aryl methyl sites for hydroxylation is 3. The Hall–Kier alpha value is -2.25. The van der Waals surface area contributed by atoms with Gasteiger partial charge in [-0.25, -0.2) is 5.01 Å². The van der Waals surface area contributed by atoms with Crippen molar-refractivity contribution in [3.63, 3.8) is 0 Å². The summed E-state index contributed by atoms with van der Waals surface area (Å²) >= 11 is 0. The maximum Gasteiger partial charge on any atom is 0.242 e. The Kier molecular flexibility index (Phi) is 4.68. The van der Waals surface area contributed by atoms with E-state index in [9.17, 15) is 0 Å². The van der Waals surface area contributed by atoms with E-state index in [2.05, 4.69) is 56.7 Å². The molecule has 1 aliphatic heterocycles. The lowest BCUT2D eigenvalue weighted by Crippen LogP contribution is -2.40. The fourth-order valence-electron chi connectivity index (χ4n) is 2.48. The van der Waals surface area contributed by atoms with E-state index in [1.807, 2.05) is 13.0 Å². The Morgan fingerprint density at radius 2 is 1.74 bits per heavy atom. The molecule has 0 saturated carbocycles. The van der Waals surface area contributed by atoms with Crippen LogP contribution in [0, 0.1) is 20.8 Å². The molecule has 0 radical (unpaired) electrons. The SMILES string of the molecule is Cc1ccc(Nc2nc(C)nc(NN3CCOCC3)n2)c(C)c1. The molecule has 7 heteroatoms. The maximum absolute atomic E-state index is 5.34. The zero-order valence-corrected chi connectivity index (χ0v) is 13.8. The Labute approximate surface area is 136 Å². The molecule has 1 fully saturated rings. The van der Waals surface area contributed by atoms with E-state index in [-0.39, 0.29) is 0 Å². The van der Waals surface area contributed by atoms with Crippen LogP contribution in [0.2, 0.25) is 0 Å². The van der Waals surface area contributed by atoms with Crippen molar-refractivity contribution in [2.24, 2.45) is 0 Å². The molecule has 1 aliphatic rings. The van der Waals surface area contributed by atoms with Crippen LogP contribution in [0.15, 0.2) is 18.2 Å².